The number of carbonyl (C=O) groups excluding carboxylic acids is 1. The van der Waals surface area contributed by atoms with Crippen molar-refractivity contribution in [2.75, 3.05) is 17.3 Å². The first-order valence-electron chi connectivity index (χ1n) is 8.59. The average molecular weight is 501 g/mol. The van der Waals surface area contributed by atoms with Crippen molar-refractivity contribution in [3.05, 3.63) is 58.6 Å². The molecule has 1 atom stereocenters. The van der Waals surface area contributed by atoms with Gasteiger partial charge in [0, 0.05) is 10.2 Å². The molecule has 29 heavy (non-hydrogen) atoms. The van der Waals surface area contributed by atoms with Gasteiger partial charge in [-0.1, -0.05) is 28.1 Å². The quantitative estimate of drug-likeness (QED) is 0.461. The SMILES string of the molecule is CSCC[C@H](NS(=O)(=O)c1ccc(Br)cc1)C(=O)Nc1ccc(CC(=O)O)cc1. The van der Waals surface area contributed by atoms with Crippen LogP contribution in [0.5, 0.6) is 0 Å². The molecule has 2 rings (SSSR count). The van der Waals surface area contributed by atoms with E-state index in [0.29, 0.717) is 23.4 Å². The van der Waals surface area contributed by atoms with Crippen molar-refractivity contribution in [2.45, 2.75) is 23.8 Å². The molecule has 0 aliphatic rings. The first-order valence-corrected chi connectivity index (χ1v) is 12.3. The smallest absolute Gasteiger partial charge is 0.307 e. The molecule has 0 radical (unpaired) electrons. The fraction of sp³-hybridized carbons (Fsp3) is 0.263. The lowest BCUT2D eigenvalue weighted by Crippen LogP contribution is -2.44. The van der Waals surface area contributed by atoms with Gasteiger partial charge in [-0.05, 0) is 60.4 Å². The van der Waals surface area contributed by atoms with E-state index in [2.05, 4.69) is 26.0 Å². The van der Waals surface area contributed by atoms with Gasteiger partial charge in [-0.2, -0.15) is 16.5 Å². The Morgan fingerprint density at radius 1 is 1.10 bits per heavy atom. The highest BCUT2D eigenvalue weighted by molar-refractivity contribution is 9.10. The standard InChI is InChI=1S/C19H21BrN2O5S2/c1-28-11-10-17(22-29(26,27)16-8-4-14(20)5-9-16)19(25)21-15-6-2-13(3-7-15)12-18(23)24/h2-9,17,22H,10-12H2,1H3,(H,21,25)(H,23,24)/t17-/m0/s1. The largest absolute Gasteiger partial charge is 0.481 e. The minimum Gasteiger partial charge on any atom is -0.481 e. The molecule has 2 aromatic rings. The Morgan fingerprint density at radius 2 is 1.72 bits per heavy atom. The maximum Gasteiger partial charge on any atom is 0.307 e. The van der Waals surface area contributed by atoms with Crippen LogP contribution in [0.25, 0.3) is 0 Å². The summed E-state index contributed by atoms with van der Waals surface area (Å²) in [5.74, 6) is -0.828. The minimum atomic E-state index is -3.87. The summed E-state index contributed by atoms with van der Waals surface area (Å²) in [6.45, 7) is 0. The number of hydrogen-bond donors (Lipinski definition) is 3. The van der Waals surface area contributed by atoms with E-state index in [1.165, 1.54) is 23.9 Å². The molecule has 0 saturated heterocycles. The summed E-state index contributed by atoms with van der Waals surface area (Å²) in [5, 5.41) is 11.5. The van der Waals surface area contributed by atoms with Crippen LogP contribution >= 0.6 is 27.7 Å². The number of nitrogens with one attached hydrogen (secondary N) is 2. The van der Waals surface area contributed by atoms with Crippen molar-refractivity contribution in [3.8, 4) is 0 Å². The number of hydrogen-bond acceptors (Lipinski definition) is 5. The van der Waals surface area contributed by atoms with Crippen LogP contribution in [0.1, 0.15) is 12.0 Å². The van der Waals surface area contributed by atoms with E-state index in [9.17, 15) is 18.0 Å². The first-order chi connectivity index (χ1) is 13.7. The number of amides is 1. The van der Waals surface area contributed by atoms with E-state index >= 15 is 0 Å². The first kappa shape index (κ1) is 23.4. The molecule has 0 aliphatic carbocycles. The van der Waals surface area contributed by atoms with Crippen LogP contribution in [0.4, 0.5) is 5.69 Å². The number of aliphatic carboxylic acids is 1. The van der Waals surface area contributed by atoms with E-state index < -0.39 is 27.9 Å². The lowest BCUT2D eigenvalue weighted by molar-refractivity contribution is -0.136. The molecule has 0 bridgehead atoms. The molecular weight excluding hydrogens is 480 g/mol. The lowest BCUT2D eigenvalue weighted by atomic mass is 10.1. The van der Waals surface area contributed by atoms with Gasteiger partial charge in [0.25, 0.3) is 0 Å². The van der Waals surface area contributed by atoms with Crippen LogP contribution in [0, 0.1) is 0 Å². The number of thioether (sulfide) groups is 1. The summed E-state index contributed by atoms with van der Waals surface area (Å²) >= 11 is 4.77. The number of anilines is 1. The molecule has 0 spiro atoms. The fourth-order valence-corrected chi connectivity index (χ4v) is 4.42. The van der Waals surface area contributed by atoms with Gasteiger partial charge >= 0.3 is 5.97 Å². The normalized spacial score (nSPS) is 12.3. The third kappa shape index (κ3) is 7.46. The summed E-state index contributed by atoms with van der Waals surface area (Å²) in [7, 11) is -3.87. The highest BCUT2D eigenvalue weighted by Crippen LogP contribution is 2.17. The summed E-state index contributed by atoms with van der Waals surface area (Å²) in [5.41, 5.74) is 1.06. The Morgan fingerprint density at radius 3 is 2.28 bits per heavy atom. The summed E-state index contributed by atoms with van der Waals surface area (Å²) < 4.78 is 28.5. The van der Waals surface area contributed by atoms with E-state index in [-0.39, 0.29) is 11.3 Å². The van der Waals surface area contributed by atoms with Gasteiger partial charge in [-0.15, -0.1) is 0 Å². The molecule has 0 saturated carbocycles. The predicted molar refractivity (Wildman–Crippen MR) is 118 cm³/mol. The van der Waals surface area contributed by atoms with Crippen molar-refractivity contribution in [1.29, 1.82) is 0 Å². The van der Waals surface area contributed by atoms with Crippen molar-refractivity contribution >= 4 is 55.3 Å². The Labute approximate surface area is 182 Å². The average Bonchev–Trinajstić information content (AvgIpc) is 2.66. The van der Waals surface area contributed by atoms with Gasteiger partial charge in [0.15, 0.2) is 0 Å². The van der Waals surface area contributed by atoms with Crippen molar-refractivity contribution in [2.24, 2.45) is 0 Å². The number of carboxylic acid groups (broad SMARTS) is 1. The number of sulfonamides is 1. The molecule has 0 fully saturated rings. The van der Waals surface area contributed by atoms with Crippen LogP contribution in [0.2, 0.25) is 0 Å². The second-order valence-corrected chi connectivity index (χ2v) is 9.78. The number of benzene rings is 2. The molecule has 10 heteroatoms. The van der Waals surface area contributed by atoms with Crippen LogP contribution in [0.15, 0.2) is 57.9 Å². The molecule has 7 nitrogen and oxygen atoms in total. The molecule has 0 aromatic heterocycles. The van der Waals surface area contributed by atoms with E-state index in [1.54, 1.807) is 36.4 Å². The van der Waals surface area contributed by atoms with E-state index in [0.717, 1.165) is 4.47 Å². The van der Waals surface area contributed by atoms with Gasteiger partial charge in [0.05, 0.1) is 11.3 Å². The molecule has 0 heterocycles. The second-order valence-electron chi connectivity index (χ2n) is 6.17. The van der Waals surface area contributed by atoms with Crippen molar-refractivity contribution in [3.63, 3.8) is 0 Å². The monoisotopic (exact) mass is 500 g/mol. The minimum absolute atomic E-state index is 0.0701. The third-order valence-electron chi connectivity index (χ3n) is 3.93. The van der Waals surface area contributed by atoms with E-state index in [4.69, 9.17) is 5.11 Å². The van der Waals surface area contributed by atoms with Crippen LogP contribution in [0.3, 0.4) is 0 Å². The maximum absolute atomic E-state index is 12.7. The number of rotatable bonds is 10. The Balaban J connectivity index is 2.12. The molecule has 2 aromatic carbocycles. The van der Waals surface area contributed by atoms with Gasteiger partial charge in [0.1, 0.15) is 6.04 Å². The fourth-order valence-electron chi connectivity index (χ4n) is 2.46. The van der Waals surface area contributed by atoms with Crippen LogP contribution < -0.4 is 10.0 Å². The molecule has 0 aliphatic heterocycles. The highest BCUT2D eigenvalue weighted by Gasteiger charge is 2.25. The number of carbonyl (C=O) groups is 2. The van der Waals surface area contributed by atoms with Crippen molar-refractivity contribution in [1.82, 2.24) is 4.72 Å². The predicted octanol–water partition coefficient (Wildman–Crippen LogP) is 3.11. The molecule has 1 amide bonds. The molecular formula is C19H21BrN2O5S2. The van der Waals surface area contributed by atoms with Gasteiger partial charge < -0.3 is 10.4 Å². The van der Waals surface area contributed by atoms with Gasteiger partial charge in [-0.25, -0.2) is 8.42 Å². The number of carboxylic acids is 1. The van der Waals surface area contributed by atoms with Crippen LogP contribution in [-0.4, -0.2) is 43.5 Å². The van der Waals surface area contributed by atoms with Gasteiger partial charge in [0.2, 0.25) is 15.9 Å². The zero-order chi connectivity index (χ0) is 21.4. The topological polar surface area (TPSA) is 113 Å². The van der Waals surface area contributed by atoms with Crippen molar-refractivity contribution < 1.29 is 23.1 Å². The summed E-state index contributed by atoms with van der Waals surface area (Å²) in [6.07, 6.45) is 2.08. The highest BCUT2D eigenvalue weighted by atomic mass is 79.9. The third-order valence-corrected chi connectivity index (χ3v) is 6.59. The van der Waals surface area contributed by atoms with Gasteiger partial charge in [-0.3, -0.25) is 9.59 Å². The molecule has 0 unspecified atom stereocenters. The maximum atomic E-state index is 12.7. The van der Waals surface area contributed by atoms with Crippen LogP contribution in [-0.2, 0) is 26.0 Å². The Kier molecular flexibility index (Phi) is 8.69. The zero-order valence-electron chi connectivity index (χ0n) is 15.6. The van der Waals surface area contributed by atoms with E-state index in [1.807, 2.05) is 6.26 Å². The Bertz CT molecular complexity index is 948. The lowest BCUT2D eigenvalue weighted by Gasteiger charge is -2.18. The summed E-state index contributed by atoms with van der Waals surface area (Å²) in [4.78, 5) is 23.5. The zero-order valence-corrected chi connectivity index (χ0v) is 18.8. The number of halogens is 1. The second kappa shape index (κ2) is 10.8. The molecule has 156 valence electrons. The molecule has 3 N–H and O–H groups in total. The summed E-state index contributed by atoms with van der Waals surface area (Å²) in [6, 6.07) is 11.6. The Hall–Kier alpha value is -1.88.